The second-order valence-corrected chi connectivity index (χ2v) is 4.95. The fourth-order valence-corrected chi connectivity index (χ4v) is 2.04. The Hall–Kier alpha value is -0.410. The van der Waals surface area contributed by atoms with Crippen molar-refractivity contribution in [1.29, 1.82) is 0 Å². The Bertz CT molecular complexity index is 208. The van der Waals surface area contributed by atoms with Crippen LogP contribution >= 0.6 is 0 Å². The van der Waals surface area contributed by atoms with Crippen molar-refractivity contribution in [3.8, 4) is 0 Å². The number of hydrogen-bond donors (Lipinski definition) is 1. The van der Waals surface area contributed by atoms with E-state index in [1.807, 2.05) is 0 Å². The third-order valence-electron chi connectivity index (χ3n) is 3.38. The van der Waals surface area contributed by atoms with Crippen LogP contribution in [0.2, 0.25) is 0 Å². The number of carbonyl (C=O) groups excluding carboxylic acids is 1. The normalized spacial score (nSPS) is 20.5. The van der Waals surface area contributed by atoms with Gasteiger partial charge in [0.15, 0.2) is 0 Å². The first kappa shape index (κ1) is 12.7. The Morgan fingerprint density at radius 3 is 2.47 bits per heavy atom. The van der Waals surface area contributed by atoms with Crippen molar-refractivity contribution in [2.45, 2.75) is 39.5 Å². The van der Waals surface area contributed by atoms with Crippen LogP contribution in [0.25, 0.3) is 0 Å². The molecule has 1 aliphatic rings. The highest BCUT2D eigenvalue weighted by atomic mass is 16.5. The summed E-state index contributed by atoms with van der Waals surface area (Å²) in [6.07, 6.45) is 3.26. The largest absolute Gasteiger partial charge is 0.381 e. The van der Waals surface area contributed by atoms with E-state index in [1.54, 1.807) is 0 Å². The third kappa shape index (κ3) is 3.28. The number of nitrogens with two attached hydrogens (primary N) is 1. The predicted octanol–water partition coefficient (Wildman–Crippen LogP) is 1.75. The molecule has 1 aliphatic heterocycles. The number of carbonyl (C=O) groups is 1. The molecule has 15 heavy (non-hydrogen) atoms. The number of ether oxygens (including phenoxy) is 1. The lowest BCUT2D eigenvalue weighted by atomic mass is 9.74. The Morgan fingerprint density at radius 2 is 2.00 bits per heavy atom. The minimum atomic E-state index is -0.271. The molecule has 0 aromatic heterocycles. The van der Waals surface area contributed by atoms with Gasteiger partial charge < -0.3 is 10.5 Å². The summed E-state index contributed by atoms with van der Waals surface area (Å²) in [6.45, 7) is 6.14. The standard InChI is InChI=1S/C12H23NO2/c1-10(2)3-4-11(14)12(9-13)5-7-15-8-6-12/h10H,3-9,13H2,1-2H3. The van der Waals surface area contributed by atoms with Crippen molar-refractivity contribution < 1.29 is 9.53 Å². The highest BCUT2D eigenvalue weighted by Gasteiger charge is 2.37. The third-order valence-corrected chi connectivity index (χ3v) is 3.38. The van der Waals surface area contributed by atoms with Crippen LogP contribution < -0.4 is 5.73 Å². The lowest BCUT2D eigenvalue weighted by Crippen LogP contribution is -2.43. The van der Waals surface area contributed by atoms with Crippen molar-refractivity contribution in [1.82, 2.24) is 0 Å². The van der Waals surface area contributed by atoms with Gasteiger partial charge >= 0.3 is 0 Å². The van der Waals surface area contributed by atoms with E-state index in [4.69, 9.17) is 10.5 Å². The van der Waals surface area contributed by atoms with Gasteiger partial charge in [0, 0.05) is 31.6 Å². The van der Waals surface area contributed by atoms with Crippen molar-refractivity contribution in [2.75, 3.05) is 19.8 Å². The maximum Gasteiger partial charge on any atom is 0.140 e. The zero-order valence-electron chi connectivity index (χ0n) is 9.92. The molecule has 1 fully saturated rings. The molecule has 0 unspecified atom stereocenters. The molecule has 0 radical (unpaired) electrons. The second-order valence-electron chi connectivity index (χ2n) is 4.95. The molecule has 88 valence electrons. The van der Waals surface area contributed by atoms with Crippen LogP contribution in [0.1, 0.15) is 39.5 Å². The minimum Gasteiger partial charge on any atom is -0.381 e. The molecule has 0 aromatic carbocycles. The van der Waals surface area contributed by atoms with Crippen LogP contribution in [0, 0.1) is 11.3 Å². The van der Waals surface area contributed by atoms with Crippen LogP contribution in [0.15, 0.2) is 0 Å². The van der Waals surface area contributed by atoms with E-state index in [9.17, 15) is 4.79 Å². The lowest BCUT2D eigenvalue weighted by molar-refractivity contribution is -0.133. The zero-order chi connectivity index (χ0) is 11.3. The molecule has 1 rings (SSSR count). The summed E-state index contributed by atoms with van der Waals surface area (Å²) in [5, 5.41) is 0. The molecule has 0 spiro atoms. The van der Waals surface area contributed by atoms with Gasteiger partial charge in [0.1, 0.15) is 5.78 Å². The fourth-order valence-electron chi connectivity index (χ4n) is 2.04. The summed E-state index contributed by atoms with van der Waals surface area (Å²) in [4.78, 5) is 12.1. The highest BCUT2D eigenvalue weighted by molar-refractivity contribution is 5.85. The van der Waals surface area contributed by atoms with E-state index >= 15 is 0 Å². The van der Waals surface area contributed by atoms with Crippen molar-refractivity contribution in [3.63, 3.8) is 0 Å². The fraction of sp³-hybridized carbons (Fsp3) is 0.917. The Labute approximate surface area is 92.4 Å². The second kappa shape index (κ2) is 5.61. The van der Waals surface area contributed by atoms with E-state index in [0.29, 0.717) is 37.9 Å². The van der Waals surface area contributed by atoms with Crippen LogP contribution in [0.4, 0.5) is 0 Å². The summed E-state index contributed by atoms with van der Waals surface area (Å²) >= 11 is 0. The molecular weight excluding hydrogens is 190 g/mol. The van der Waals surface area contributed by atoms with Crippen molar-refractivity contribution >= 4 is 5.78 Å². The SMILES string of the molecule is CC(C)CCC(=O)C1(CN)CCOCC1. The number of hydrogen-bond acceptors (Lipinski definition) is 3. The maximum atomic E-state index is 12.1. The first-order valence-corrected chi connectivity index (χ1v) is 5.92. The van der Waals surface area contributed by atoms with Gasteiger partial charge in [-0.1, -0.05) is 13.8 Å². The lowest BCUT2D eigenvalue weighted by Gasteiger charge is -2.34. The molecule has 1 heterocycles. The quantitative estimate of drug-likeness (QED) is 0.757. The first-order chi connectivity index (χ1) is 7.10. The maximum absolute atomic E-state index is 12.1. The molecule has 1 saturated heterocycles. The Kier molecular flexibility index (Phi) is 4.74. The average Bonchev–Trinajstić information content (AvgIpc) is 2.26. The molecule has 0 aliphatic carbocycles. The van der Waals surface area contributed by atoms with Gasteiger partial charge in [0.2, 0.25) is 0 Å². The number of ketones is 1. The molecular formula is C12H23NO2. The number of rotatable bonds is 5. The van der Waals surface area contributed by atoms with Crippen LogP contribution in [-0.4, -0.2) is 25.5 Å². The Morgan fingerprint density at radius 1 is 1.40 bits per heavy atom. The predicted molar refractivity (Wildman–Crippen MR) is 60.6 cm³/mol. The molecule has 2 N–H and O–H groups in total. The molecule has 0 bridgehead atoms. The van der Waals surface area contributed by atoms with E-state index < -0.39 is 0 Å². The van der Waals surface area contributed by atoms with E-state index in [1.165, 1.54) is 0 Å². The monoisotopic (exact) mass is 213 g/mol. The number of Topliss-reactive ketones (excluding diaryl/α,β-unsaturated/α-hetero) is 1. The smallest absolute Gasteiger partial charge is 0.140 e. The summed E-state index contributed by atoms with van der Waals surface area (Å²) in [5.74, 6) is 0.936. The molecule has 0 saturated carbocycles. The van der Waals surface area contributed by atoms with Gasteiger partial charge in [0.25, 0.3) is 0 Å². The topological polar surface area (TPSA) is 52.3 Å². The van der Waals surface area contributed by atoms with Gasteiger partial charge in [-0.2, -0.15) is 0 Å². The van der Waals surface area contributed by atoms with Gasteiger partial charge in [-0.15, -0.1) is 0 Å². The molecule has 0 amide bonds. The van der Waals surface area contributed by atoms with Gasteiger partial charge in [-0.3, -0.25) is 4.79 Å². The van der Waals surface area contributed by atoms with E-state index in [2.05, 4.69) is 13.8 Å². The van der Waals surface area contributed by atoms with Crippen molar-refractivity contribution in [2.24, 2.45) is 17.1 Å². The van der Waals surface area contributed by atoms with Crippen LogP contribution in [0.3, 0.4) is 0 Å². The summed E-state index contributed by atoms with van der Waals surface area (Å²) in [6, 6.07) is 0. The van der Waals surface area contributed by atoms with Gasteiger partial charge in [0.05, 0.1) is 0 Å². The van der Waals surface area contributed by atoms with Crippen LogP contribution in [-0.2, 0) is 9.53 Å². The molecule has 0 aromatic rings. The van der Waals surface area contributed by atoms with Crippen LogP contribution in [0.5, 0.6) is 0 Å². The van der Waals surface area contributed by atoms with Crippen molar-refractivity contribution in [3.05, 3.63) is 0 Å². The minimum absolute atomic E-state index is 0.271. The summed E-state index contributed by atoms with van der Waals surface area (Å²) in [5.41, 5.74) is 5.50. The van der Waals surface area contributed by atoms with E-state index in [-0.39, 0.29) is 5.41 Å². The van der Waals surface area contributed by atoms with Gasteiger partial charge in [-0.05, 0) is 25.2 Å². The van der Waals surface area contributed by atoms with Gasteiger partial charge in [-0.25, -0.2) is 0 Å². The summed E-state index contributed by atoms with van der Waals surface area (Å²) in [7, 11) is 0. The Balaban J connectivity index is 2.52. The summed E-state index contributed by atoms with van der Waals surface area (Å²) < 4.78 is 5.29. The molecule has 3 nitrogen and oxygen atoms in total. The molecule has 0 atom stereocenters. The molecule has 3 heteroatoms. The van der Waals surface area contributed by atoms with E-state index in [0.717, 1.165) is 19.3 Å². The average molecular weight is 213 g/mol. The first-order valence-electron chi connectivity index (χ1n) is 5.92. The zero-order valence-corrected chi connectivity index (χ0v) is 9.92. The highest BCUT2D eigenvalue weighted by Crippen LogP contribution is 2.32.